The van der Waals surface area contributed by atoms with Gasteiger partial charge >= 0.3 is 0 Å². The first-order chi connectivity index (χ1) is 8.69. The zero-order valence-corrected chi connectivity index (χ0v) is 13.5. The molecular weight excluding hydrogens is 286 g/mol. The highest BCUT2D eigenvalue weighted by Crippen LogP contribution is 2.29. The zero-order valence-electron chi connectivity index (χ0n) is 11.9. The van der Waals surface area contributed by atoms with Crippen molar-refractivity contribution in [2.75, 3.05) is 13.1 Å². The van der Waals surface area contributed by atoms with Crippen molar-refractivity contribution < 1.29 is 0 Å². The normalized spacial score (nSPS) is 14.4. The van der Waals surface area contributed by atoms with Gasteiger partial charge in [-0.05, 0) is 42.5 Å². The van der Waals surface area contributed by atoms with E-state index in [9.17, 15) is 0 Å². The van der Waals surface area contributed by atoms with Crippen LogP contribution in [0.5, 0.6) is 0 Å². The summed E-state index contributed by atoms with van der Waals surface area (Å²) in [6.07, 6.45) is 3.76. The summed E-state index contributed by atoms with van der Waals surface area (Å²) in [5.41, 5.74) is 1.45. The Balaban J connectivity index is 2.75. The van der Waals surface area contributed by atoms with Crippen molar-refractivity contribution in [3.8, 4) is 0 Å². The molecule has 0 radical (unpaired) electrons. The molecule has 102 valence electrons. The van der Waals surface area contributed by atoms with Crippen LogP contribution in [-0.2, 0) is 0 Å². The summed E-state index contributed by atoms with van der Waals surface area (Å²) < 4.78 is 1.18. The van der Waals surface area contributed by atoms with E-state index in [1.54, 1.807) is 0 Å². The van der Waals surface area contributed by atoms with Crippen LogP contribution in [0.15, 0.2) is 28.7 Å². The molecule has 1 nitrogen and oxygen atoms in total. The van der Waals surface area contributed by atoms with Gasteiger partial charge < -0.3 is 5.32 Å². The Morgan fingerprint density at radius 3 is 2.61 bits per heavy atom. The molecule has 2 unspecified atom stereocenters. The summed E-state index contributed by atoms with van der Waals surface area (Å²) in [4.78, 5) is 0. The topological polar surface area (TPSA) is 12.0 Å². The molecule has 0 aromatic heterocycles. The fourth-order valence-corrected chi connectivity index (χ4v) is 2.89. The molecule has 0 fully saturated rings. The summed E-state index contributed by atoms with van der Waals surface area (Å²) in [6.45, 7) is 9.07. The van der Waals surface area contributed by atoms with Crippen molar-refractivity contribution >= 4 is 15.9 Å². The summed E-state index contributed by atoms with van der Waals surface area (Å²) in [7, 11) is 0. The predicted molar refractivity (Wildman–Crippen MR) is 84.1 cm³/mol. The van der Waals surface area contributed by atoms with E-state index in [1.165, 1.54) is 29.3 Å². The summed E-state index contributed by atoms with van der Waals surface area (Å²) in [5, 5.41) is 3.58. The summed E-state index contributed by atoms with van der Waals surface area (Å²) in [6, 6.07) is 8.77. The second kappa shape index (κ2) is 8.71. The lowest BCUT2D eigenvalue weighted by molar-refractivity contribution is 0.404. The molecule has 18 heavy (non-hydrogen) atoms. The Hall–Kier alpha value is -0.340. The van der Waals surface area contributed by atoms with E-state index in [1.807, 2.05) is 0 Å². The van der Waals surface area contributed by atoms with Crippen LogP contribution in [0.1, 0.15) is 51.5 Å². The largest absolute Gasteiger partial charge is 0.316 e. The van der Waals surface area contributed by atoms with Crippen molar-refractivity contribution in [3.63, 3.8) is 0 Å². The van der Waals surface area contributed by atoms with Crippen LogP contribution < -0.4 is 5.32 Å². The number of rotatable bonds is 8. The number of hydrogen-bond donors (Lipinski definition) is 1. The van der Waals surface area contributed by atoms with E-state index in [4.69, 9.17) is 0 Å². The summed E-state index contributed by atoms with van der Waals surface area (Å²) >= 11 is 3.58. The van der Waals surface area contributed by atoms with Crippen molar-refractivity contribution in [1.29, 1.82) is 0 Å². The number of nitrogens with one attached hydrogen (secondary N) is 1. The molecule has 1 aromatic rings. The lowest BCUT2D eigenvalue weighted by atomic mass is 9.84. The molecule has 1 rings (SSSR count). The third-order valence-corrected chi connectivity index (χ3v) is 3.99. The lowest BCUT2D eigenvalue weighted by Crippen LogP contribution is -2.26. The van der Waals surface area contributed by atoms with Crippen molar-refractivity contribution in [1.82, 2.24) is 5.32 Å². The maximum absolute atomic E-state index is 3.58. The van der Waals surface area contributed by atoms with Gasteiger partial charge in [0.15, 0.2) is 0 Å². The smallest absolute Gasteiger partial charge is 0.0178 e. The molecule has 0 aliphatic heterocycles. The van der Waals surface area contributed by atoms with Crippen LogP contribution in [0.2, 0.25) is 0 Å². The van der Waals surface area contributed by atoms with E-state index in [0.29, 0.717) is 5.92 Å². The van der Waals surface area contributed by atoms with Gasteiger partial charge in [-0.15, -0.1) is 0 Å². The van der Waals surface area contributed by atoms with Crippen LogP contribution in [0.25, 0.3) is 0 Å². The monoisotopic (exact) mass is 311 g/mol. The van der Waals surface area contributed by atoms with Gasteiger partial charge in [-0.25, -0.2) is 0 Å². The SMILES string of the molecule is CCCNCC(c1cccc(Br)c1)C(C)CCC. The molecule has 1 aromatic carbocycles. The third kappa shape index (κ3) is 5.11. The van der Waals surface area contributed by atoms with E-state index in [2.05, 4.69) is 66.3 Å². The fraction of sp³-hybridized carbons (Fsp3) is 0.625. The Labute approximate surface area is 120 Å². The van der Waals surface area contributed by atoms with Gasteiger partial charge in [-0.3, -0.25) is 0 Å². The first-order valence-corrected chi connectivity index (χ1v) is 7.94. The number of benzene rings is 1. The van der Waals surface area contributed by atoms with Gasteiger partial charge in [0, 0.05) is 11.0 Å². The van der Waals surface area contributed by atoms with E-state index < -0.39 is 0 Å². The van der Waals surface area contributed by atoms with E-state index in [-0.39, 0.29) is 0 Å². The molecule has 1 N–H and O–H groups in total. The maximum atomic E-state index is 3.58. The zero-order chi connectivity index (χ0) is 13.4. The van der Waals surface area contributed by atoms with Gasteiger partial charge in [-0.2, -0.15) is 0 Å². The highest BCUT2D eigenvalue weighted by Gasteiger charge is 2.18. The Bertz CT molecular complexity index is 338. The molecule has 0 saturated heterocycles. The molecule has 0 aliphatic carbocycles. The molecule has 0 heterocycles. The van der Waals surface area contributed by atoms with Gasteiger partial charge in [0.25, 0.3) is 0 Å². The molecule has 2 heteroatoms. The number of hydrogen-bond acceptors (Lipinski definition) is 1. The van der Waals surface area contributed by atoms with Crippen molar-refractivity contribution in [2.45, 2.75) is 46.0 Å². The first-order valence-electron chi connectivity index (χ1n) is 7.15. The molecule has 0 amide bonds. The van der Waals surface area contributed by atoms with Crippen LogP contribution in [0.4, 0.5) is 0 Å². The average Bonchev–Trinajstić information content (AvgIpc) is 2.35. The standard InChI is InChI=1S/C16H26BrN/c1-4-7-13(3)16(12-18-10-5-2)14-8-6-9-15(17)11-14/h6,8-9,11,13,16,18H,4-5,7,10,12H2,1-3H3. The van der Waals surface area contributed by atoms with Gasteiger partial charge in [0.05, 0.1) is 0 Å². The Morgan fingerprint density at radius 2 is 2.00 bits per heavy atom. The molecule has 2 atom stereocenters. The molecule has 0 spiro atoms. The van der Waals surface area contributed by atoms with Gasteiger partial charge in [-0.1, -0.05) is 61.7 Å². The lowest BCUT2D eigenvalue weighted by Gasteiger charge is -2.25. The second-order valence-corrected chi connectivity index (χ2v) is 6.05. The molecular formula is C16H26BrN. The van der Waals surface area contributed by atoms with Crippen LogP contribution in [-0.4, -0.2) is 13.1 Å². The predicted octanol–water partition coefficient (Wildman–Crippen LogP) is 4.97. The fourth-order valence-electron chi connectivity index (χ4n) is 2.48. The average molecular weight is 312 g/mol. The second-order valence-electron chi connectivity index (χ2n) is 5.13. The minimum Gasteiger partial charge on any atom is -0.316 e. The van der Waals surface area contributed by atoms with Gasteiger partial charge in [0.2, 0.25) is 0 Å². The first kappa shape index (κ1) is 15.7. The summed E-state index contributed by atoms with van der Waals surface area (Å²) in [5.74, 6) is 1.35. The van der Waals surface area contributed by atoms with Crippen LogP contribution >= 0.6 is 15.9 Å². The maximum Gasteiger partial charge on any atom is 0.0178 e. The quantitative estimate of drug-likeness (QED) is 0.668. The molecule has 0 bridgehead atoms. The number of halogens is 1. The van der Waals surface area contributed by atoms with Crippen LogP contribution in [0.3, 0.4) is 0 Å². The highest BCUT2D eigenvalue weighted by molar-refractivity contribution is 9.10. The minimum atomic E-state index is 0.619. The molecule has 0 aliphatic rings. The van der Waals surface area contributed by atoms with Crippen molar-refractivity contribution in [3.05, 3.63) is 34.3 Å². The van der Waals surface area contributed by atoms with Crippen LogP contribution in [0, 0.1) is 5.92 Å². The molecule has 0 saturated carbocycles. The minimum absolute atomic E-state index is 0.619. The Morgan fingerprint density at radius 1 is 1.22 bits per heavy atom. The third-order valence-electron chi connectivity index (χ3n) is 3.50. The van der Waals surface area contributed by atoms with E-state index in [0.717, 1.165) is 19.0 Å². The van der Waals surface area contributed by atoms with Gasteiger partial charge in [0.1, 0.15) is 0 Å². The Kier molecular flexibility index (Phi) is 7.60. The highest BCUT2D eigenvalue weighted by atomic mass is 79.9. The van der Waals surface area contributed by atoms with Crippen molar-refractivity contribution in [2.24, 2.45) is 5.92 Å². The van der Waals surface area contributed by atoms with E-state index >= 15 is 0 Å².